The number of H-pyrrole nitrogens is 1. The van der Waals surface area contributed by atoms with E-state index in [1.54, 1.807) is 41.2 Å². The maximum Gasteiger partial charge on any atom is 0.216 e. The highest BCUT2D eigenvalue weighted by atomic mass is 35.5. The van der Waals surface area contributed by atoms with Crippen molar-refractivity contribution in [2.75, 3.05) is 0 Å². The number of aromatic nitrogens is 3. The summed E-state index contributed by atoms with van der Waals surface area (Å²) < 4.78 is 13.3. The van der Waals surface area contributed by atoms with Gasteiger partial charge in [0.2, 0.25) is 4.77 Å². The van der Waals surface area contributed by atoms with Crippen LogP contribution >= 0.6 is 35.4 Å². The Morgan fingerprint density at radius 2 is 2.20 bits per heavy atom. The van der Waals surface area contributed by atoms with E-state index in [0.29, 0.717) is 38.5 Å². The summed E-state index contributed by atoms with van der Waals surface area (Å²) in [6, 6.07) is 8.64. The van der Waals surface area contributed by atoms with Crippen LogP contribution in [0.4, 0.5) is 0 Å². The maximum atomic E-state index is 6.07. The number of hydrogen-bond donors (Lipinski definition) is 1. The van der Waals surface area contributed by atoms with E-state index >= 15 is 0 Å². The average Bonchev–Trinajstić information content (AvgIpc) is 3.18. The Labute approximate surface area is 159 Å². The monoisotopic (exact) mass is 396 g/mol. The smallest absolute Gasteiger partial charge is 0.216 e. The molecule has 2 aromatic heterocycles. The fourth-order valence-electron chi connectivity index (χ4n) is 2.07. The van der Waals surface area contributed by atoms with Crippen molar-refractivity contribution in [3.63, 3.8) is 0 Å². The van der Waals surface area contributed by atoms with Crippen molar-refractivity contribution in [2.45, 2.75) is 20.0 Å². The summed E-state index contributed by atoms with van der Waals surface area (Å²) in [5.74, 6) is 2.49. The number of furan rings is 1. The van der Waals surface area contributed by atoms with Crippen molar-refractivity contribution < 1.29 is 9.15 Å². The lowest BCUT2D eigenvalue weighted by Crippen LogP contribution is -1.97. The molecule has 130 valence electrons. The zero-order chi connectivity index (χ0) is 17.8. The van der Waals surface area contributed by atoms with Gasteiger partial charge in [-0.25, -0.2) is 0 Å². The number of benzene rings is 1. The lowest BCUT2D eigenvalue weighted by atomic mass is 10.3. The first-order valence-electron chi connectivity index (χ1n) is 7.44. The van der Waals surface area contributed by atoms with Gasteiger partial charge in [-0.3, -0.25) is 5.10 Å². The molecule has 0 saturated heterocycles. The highest BCUT2D eigenvalue weighted by Crippen LogP contribution is 2.28. The van der Waals surface area contributed by atoms with Gasteiger partial charge in [0.25, 0.3) is 0 Å². The van der Waals surface area contributed by atoms with Crippen LogP contribution in [0.1, 0.15) is 24.3 Å². The molecule has 0 atom stereocenters. The Bertz CT molecular complexity index is 961. The van der Waals surface area contributed by atoms with Crippen molar-refractivity contribution in [1.29, 1.82) is 0 Å². The molecule has 1 N–H and O–H groups in total. The zero-order valence-corrected chi connectivity index (χ0v) is 15.5. The van der Waals surface area contributed by atoms with Crippen LogP contribution in [0.2, 0.25) is 10.0 Å². The molecule has 0 aliphatic rings. The number of nitrogens with zero attached hydrogens (tertiary/aromatic N) is 3. The standard InChI is InChI=1S/C16H14Cl2N4O2S/c1-2-15-20-21-16(25)22(15)19-8-11-4-5-12(24-11)9-23-14-6-3-10(17)7-13(14)18/h3-8H,2,9H2,1H3,(H,21,25)/b19-8-. The summed E-state index contributed by atoms with van der Waals surface area (Å²) in [6.07, 6.45) is 2.28. The highest BCUT2D eigenvalue weighted by Gasteiger charge is 2.06. The van der Waals surface area contributed by atoms with Crippen LogP contribution in [-0.4, -0.2) is 21.1 Å². The molecule has 3 aromatic rings. The molecule has 25 heavy (non-hydrogen) atoms. The molecule has 2 heterocycles. The van der Waals surface area contributed by atoms with E-state index in [2.05, 4.69) is 15.3 Å². The van der Waals surface area contributed by atoms with Gasteiger partial charge in [-0.15, -0.1) is 0 Å². The van der Waals surface area contributed by atoms with E-state index in [-0.39, 0.29) is 6.61 Å². The number of nitrogens with one attached hydrogen (secondary N) is 1. The highest BCUT2D eigenvalue weighted by molar-refractivity contribution is 7.71. The minimum Gasteiger partial charge on any atom is -0.484 e. The van der Waals surface area contributed by atoms with Crippen LogP contribution < -0.4 is 4.74 Å². The van der Waals surface area contributed by atoms with Gasteiger partial charge in [0.15, 0.2) is 5.82 Å². The topological polar surface area (TPSA) is 68.3 Å². The first-order chi connectivity index (χ1) is 12.1. The van der Waals surface area contributed by atoms with Gasteiger partial charge in [0.05, 0.1) is 11.2 Å². The molecule has 1 aromatic carbocycles. The Balaban J connectivity index is 1.67. The van der Waals surface area contributed by atoms with E-state index in [9.17, 15) is 0 Å². The normalized spacial score (nSPS) is 11.3. The molecule has 0 radical (unpaired) electrons. The molecule has 0 saturated carbocycles. The van der Waals surface area contributed by atoms with Gasteiger partial charge in [-0.1, -0.05) is 30.1 Å². The molecule has 9 heteroatoms. The van der Waals surface area contributed by atoms with Crippen LogP contribution in [0.3, 0.4) is 0 Å². The fourth-order valence-corrected chi connectivity index (χ4v) is 2.73. The second-order valence-corrected chi connectivity index (χ2v) is 6.25. The summed E-state index contributed by atoms with van der Waals surface area (Å²) >= 11 is 17.1. The minimum atomic E-state index is 0.237. The third kappa shape index (κ3) is 4.31. The quantitative estimate of drug-likeness (QED) is 0.476. The van der Waals surface area contributed by atoms with Crippen molar-refractivity contribution in [3.8, 4) is 5.75 Å². The lowest BCUT2D eigenvalue weighted by Gasteiger charge is -2.06. The summed E-state index contributed by atoms with van der Waals surface area (Å²) in [6.45, 7) is 2.21. The van der Waals surface area contributed by atoms with Crippen LogP contribution in [-0.2, 0) is 13.0 Å². The molecule has 0 fully saturated rings. The Kier molecular flexibility index (Phi) is 5.57. The summed E-state index contributed by atoms with van der Waals surface area (Å²) in [4.78, 5) is 0. The molecule has 0 unspecified atom stereocenters. The summed E-state index contributed by atoms with van der Waals surface area (Å²) in [5, 5.41) is 12.1. The Morgan fingerprint density at radius 1 is 1.36 bits per heavy atom. The SMILES string of the molecule is CCc1n[nH]c(=S)n1/N=C\c1ccc(COc2ccc(Cl)cc2Cl)o1. The van der Waals surface area contributed by atoms with Crippen LogP contribution in [0.15, 0.2) is 39.9 Å². The third-order valence-corrected chi connectivity index (χ3v) is 4.08. The van der Waals surface area contributed by atoms with E-state index in [0.717, 1.165) is 5.82 Å². The number of aromatic amines is 1. The number of ether oxygens (including phenoxy) is 1. The molecule has 0 aliphatic carbocycles. The first kappa shape index (κ1) is 17.7. The van der Waals surface area contributed by atoms with Crippen molar-refractivity contribution in [1.82, 2.24) is 14.9 Å². The molecule has 3 rings (SSSR count). The molecule has 0 aliphatic heterocycles. The van der Waals surface area contributed by atoms with Gasteiger partial charge >= 0.3 is 0 Å². The van der Waals surface area contributed by atoms with Crippen molar-refractivity contribution in [3.05, 3.63) is 62.5 Å². The molecule has 0 spiro atoms. The lowest BCUT2D eigenvalue weighted by molar-refractivity contribution is 0.270. The second kappa shape index (κ2) is 7.86. The molecular weight excluding hydrogens is 383 g/mol. The fraction of sp³-hybridized carbons (Fsp3) is 0.188. The molecular formula is C16H14Cl2N4O2S. The number of hydrogen-bond acceptors (Lipinski definition) is 5. The van der Waals surface area contributed by atoms with Gasteiger partial charge < -0.3 is 9.15 Å². The Hall–Kier alpha value is -2.09. The van der Waals surface area contributed by atoms with Crippen LogP contribution in [0.25, 0.3) is 0 Å². The van der Waals surface area contributed by atoms with E-state index < -0.39 is 0 Å². The Morgan fingerprint density at radius 3 is 2.96 bits per heavy atom. The van der Waals surface area contributed by atoms with Gasteiger partial charge in [0, 0.05) is 11.4 Å². The second-order valence-electron chi connectivity index (χ2n) is 5.02. The first-order valence-corrected chi connectivity index (χ1v) is 8.60. The molecule has 6 nitrogen and oxygen atoms in total. The minimum absolute atomic E-state index is 0.237. The maximum absolute atomic E-state index is 6.07. The van der Waals surface area contributed by atoms with E-state index in [4.69, 9.17) is 44.6 Å². The number of halogens is 2. The summed E-state index contributed by atoms with van der Waals surface area (Å²) in [5.41, 5.74) is 0. The largest absolute Gasteiger partial charge is 0.484 e. The number of aryl methyl sites for hydroxylation is 1. The van der Waals surface area contributed by atoms with E-state index in [1.165, 1.54) is 0 Å². The average molecular weight is 397 g/mol. The molecule has 0 amide bonds. The third-order valence-electron chi connectivity index (χ3n) is 3.28. The zero-order valence-electron chi connectivity index (χ0n) is 13.2. The van der Waals surface area contributed by atoms with Crippen LogP contribution in [0, 0.1) is 4.77 Å². The van der Waals surface area contributed by atoms with Gasteiger partial charge in [-0.2, -0.15) is 14.9 Å². The van der Waals surface area contributed by atoms with Gasteiger partial charge in [0.1, 0.15) is 23.9 Å². The molecule has 0 bridgehead atoms. The van der Waals surface area contributed by atoms with Crippen molar-refractivity contribution in [2.24, 2.45) is 5.10 Å². The predicted molar refractivity (Wildman–Crippen MR) is 99.3 cm³/mol. The van der Waals surface area contributed by atoms with Gasteiger partial charge in [-0.05, 0) is 42.5 Å². The summed E-state index contributed by atoms with van der Waals surface area (Å²) in [7, 11) is 0. The van der Waals surface area contributed by atoms with Crippen molar-refractivity contribution >= 4 is 41.6 Å². The predicted octanol–water partition coefficient (Wildman–Crippen LogP) is 4.86. The van der Waals surface area contributed by atoms with E-state index in [1.807, 2.05) is 6.92 Å². The van der Waals surface area contributed by atoms with Crippen LogP contribution in [0.5, 0.6) is 5.75 Å². The number of rotatable bonds is 6.